The van der Waals surface area contributed by atoms with Crippen LogP contribution in [0.1, 0.15) is 55.9 Å². The zero-order valence-electron chi connectivity index (χ0n) is 16.3. The molecular formula is C20H44Cl2O2. The van der Waals surface area contributed by atoms with E-state index in [9.17, 15) is 0 Å². The van der Waals surface area contributed by atoms with Crippen molar-refractivity contribution in [1.82, 2.24) is 0 Å². The summed E-state index contributed by atoms with van der Waals surface area (Å²) in [6, 6.07) is 0. The molecule has 0 spiro atoms. The van der Waals surface area contributed by atoms with Crippen molar-refractivity contribution >= 4 is 23.2 Å². The van der Waals surface area contributed by atoms with Crippen molar-refractivity contribution in [2.45, 2.75) is 55.9 Å². The molecule has 1 N–H and O–H groups in total. The van der Waals surface area contributed by atoms with E-state index >= 15 is 0 Å². The Morgan fingerprint density at radius 3 is 1.50 bits per heavy atom. The molecule has 24 heavy (non-hydrogen) atoms. The fraction of sp³-hybridized carbons (Fsp3) is 0.800. The van der Waals surface area contributed by atoms with Crippen LogP contribution in [-0.4, -0.2) is 30.3 Å². The average Bonchev–Trinajstić information content (AvgIpc) is 2.60. The Morgan fingerprint density at radius 2 is 1.29 bits per heavy atom. The third-order valence-corrected chi connectivity index (χ3v) is 3.41. The van der Waals surface area contributed by atoms with E-state index in [1.165, 1.54) is 0 Å². The molecule has 4 atom stereocenters. The van der Waals surface area contributed by atoms with Crippen LogP contribution >= 0.6 is 23.2 Å². The van der Waals surface area contributed by atoms with Crippen LogP contribution in [0, 0.1) is 23.7 Å². The summed E-state index contributed by atoms with van der Waals surface area (Å²) in [7, 11) is 0. The Labute approximate surface area is 163 Å². The third kappa shape index (κ3) is 29.9. The molecule has 4 heteroatoms. The second-order valence-electron chi connectivity index (χ2n) is 5.09. The van der Waals surface area contributed by atoms with Crippen LogP contribution in [0.3, 0.4) is 0 Å². The van der Waals surface area contributed by atoms with Crippen LogP contribution < -0.4 is 0 Å². The van der Waals surface area contributed by atoms with Gasteiger partial charge in [0.2, 0.25) is 0 Å². The number of alkyl halides is 2. The molecule has 0 bridgehead atoms. The number of hydrogen-bond acceptors (Lipinski definition) is 2. The Kier molecular flexibility index (Phi) is 45.1. The predicted molar refractivity (Wildman–Crippen MR) is 115 cm³/mol. The van der Waals surface area contributed by atoms with E-state index in [0.29, 0.717) is 23.7 Å². The second kappa shape index (κ2) is 30.8. The average molecular weight is 387 g/mol. The van der Waals surface area contributed by atoms with E-state index in [2.05, 4.69) is 27.0 Å². The molecule has 2 nitrogen and oxygen atoms in total. The van der Waals surface area contributed by atoms with Gasteiger partial charge in [-0.1, -0.05) is 61.1 Å². The highest BCUT2D eigenvalue weighted by atomic mass is 35.5. The monoisotopic (exact) mass is 386 g/mol. The first-order valence-electron chi connectivity index (χ1n) is 8.41. The molecule has 0 radical (unpaired) electrons. The fourth-order valence-corrected chi connectivity index (χ4v) is 1.09. The van der Waals surface area contributed by atoms with Gasteiger partial charge in [-0.3, -0.25) is 0 Å². The quantitative estimate of drug-likeness (QED) is 0.359. The molecule has 0 saturated carbocycles. The van der Waals surface area contributed by atoms with E-state index in [0.717, 1.165) is 13.2 Å². The molecule has 0 heterocycles. The van der Waals surface area contributed by atoms with E-state index in [1.54, 1.807) is 0 Å². The number of allylic oxidation sites excluding steroid dienone is 2. The Balaban J connectivity index is -0.0000000773. The summed E-state index contributed by atoms with van der Waals surface area (Å²) in [4.78, 5) is 0. The van der Waals surface area contributed by atoms with Gasteiger partial charge in [-0.2, -0.15) is 0 Å². The Morgan fingerprint density at radius 1 is 0.958 bits per heavy atom. The first-order chi connectivity index (χ1) is 10.9. The van der Waals surface area contributed by atoms with Crippen LogP contribution in [0.15, 0.2) is 25.3 Å². The standard InChI is InChI=1S/C9H18O.C7H14O.C2H6.CH2Cl2.CH4/c1-5-8(3)9(4)7-10-6-2;1-4-6(2)7(3)5-8;1-2;2-1-3;/h5,8-9H,1,6-7H2,2-4H3;4,6-8H,1,5H2,2-3H3;1-2H3;1H2;1H4/t8-,9+;6-,7-;;;/m01.../s1. The molecule has 0 aromatic rings. The summed E-state index contributed by atoms with van der Waals surface area (Å²) in [5.41, 5.74) is 0. The lowest BCUT2D eigenvalue weighted by Gasteiger charge is -2.15. The summed E-state index contributed by atoms with van der Waals surface area (Å²) < 4.78 is 5.27. The van der Waals surface area contributed by atoms with Gasteiger partial charge in [0.25, 0.3) is 0 Å². The largest absolute Gasteiger partial charge is 0.396 e. The first-order valence-corrected chi connectivity index (χ1v) is 9.48. The summed E-state index contributed by atoms with van der Waals surface area (Å²) in [6.45, 7) is 23.7. The molecule has 0 fully saturated rings. The maximum atomic E-state index is 8.59. The van der Waals surface area contributed by atoms with Crippen molar-refractivity contribution in [2.24, 2.45) is 23.7 Å². The summed E-state index contributed by atoms with van der Waals surface area (Å²) in [5.74, 6) is 1.94. The van der Waals surface area contributed by atoms with Gasteiger partial charge in [0.1, 0.15) is 0 Å². The predicted octanol–water partition coefficient (Wildman–Crippen LogP) is 7.00. The van der Waals surface area contributed by atoms with E-state index in [1.807, 2.05) is 46.8 Å². The highest BCUT2D eigenvalue weighted by molar-refractivity contribution is 6.40. The molecular weight excluding hydrogens is 343 g/mol. The van der Waals surface area contributed by atoms with Gasteiger partial charge in [-0.05, 0) is 30.6 Å². The minimum Gasteiger partial charge on any atom is -0.396 e. The van der Waals surface area contributed by atoms with Gasteiger partial charge in [0.15, 0.2) is 0 Å². The first kappa shape index (κ1) is 35.2. The van der Waals surface area contributed by atoms with E-state index < -0.39 is 0 Å². The number of aliphatic hydroxyl groups is 1. The summed E-state index contributed by atoms with van der Waals surface area (Å²) in [5, 5.41) is 8.78. The molecule has 0 aromatic heterocycles. The van der Waals surface area contributed by atoms with E-state index in [4.69, 9.17) is 33.0 Å². The number of aliphatic hydroxyl groups excluding tert-OH is 1. The van der Waals surface area contributed by atoms with Crippen LogP contribution in [0.5, 0.6) is 0 Å². The minimum atomic E-state index is 0. The topological polar surface area (TPSA) is 29.5 Å². The molecule has 0 aliphatic heterocycles. The molecule has 0 aromatic carbocycles. The van der Waals surface area contributed by atoms with Crippen molar-refractivity contribution < 1.29 is 9.84 Å². The highest BCUT2D eigenvalue weighted by Crippen LogP contribution is 2.11. The molecule has 0 amide bonds. The zero-order chi connectivity index (χ0) is 19.3. The minimum absolute atomic E-state index is 0. The van der Waals surface area contributed by atoms with Gasteiger partial charge >= 0.3 is 0 Å². The molecule has 0 aliphatic rings. The number of rotatable bonds is 8. The normalized spacial score (nSPS) is 13.6. The van der Waals surface area contributed by atoms with Crippen molar-refractivity contribution in [3.8, 4) is 0 Å². The van der Waals surface area contributed by atoms with Gasteiger partial charge in [0.05, 0.1) is 5.34 Å². The van der Waals surface area contributed by atoms with Gasteiger partial charge in [0, 0.05) is 19.8 Å². The Hall–Kier alpha value is -0.0200. The van der Waals surface area contributed by atoms with Crippen LogP contribution in [0.25, 0.3) is 0 Å². The van der Waals surface area contributed by atoms with Crippen LogP contribution in [0.4, 0.5) is 0 Å². The third-order valence-electron chi connectivity index (χ3n) is 3.41. The molecule has 0 saturated heterocycles. The smallest absolute Gasteiger partial charge is 0.0967 e. The highest BCUT2D eigenvalue weighted by Gasteiger charge is 2.07. The molecule has 150 valence electrons. The van der Waals surface area contributed by atoms with Crippen LogP contribution in [0.2, 0.25) is 0 Å². The molecule has 0 unspecified atom stereocenters. The van der Waals surface area contributed by atoms with Crippen molar-refractivity contribution in [3.05, 3.63) is 25.3 Å². The lowest BCUT2D eigenvalue weighted by atomic mass is 9.97. The second-order valence-corrected chi connectivity index (χ2v) is 5.90. The van der Waals surface area contributed by atoms with E-state index in [-0.39, 0.29) is 19.4 Å². The van der Waals surface area contributed by atoms with Gasteiger partial charge in [-0.25, -0.2) is 0 Å². The van der Waals surface area contributed by atoms with Crippen molar-refractivity contribution in [3.63, 3.8) is 0 Å². The van der Waals surface area contributed by atoms with Crippen molar-refractivity contribution in [2.75, 3.05) is 25.2 Å². The Bertz CT molecular complexity index is 224. The lowest BCUT2D eigenvalue weighted by Crippen LogP contribution is -2.12. The lowest BCUT2D eigenvalue weighted by molar-refractivity contribution is 0.104. The zero-order valence-corrected chi connectivity index (χ0v) is 17.8. The van der Waals surface area contributed by atoms with Crippen molar-refractivity contribution in [1.29, 1.82) is 0 Å². The SMILES string of the molecule is C.C=C[C@@H](C)[C@H](C)CO.C=C[C@H](C)[C@H](C)COCC.CC.ClCCl. The number of hydrogen-bond donors (Lipinski definition) is 1. The van der Waals surface area contributed by atoms with Gasteiger partial charge in [-0.15, -0.1) is 36.4 Å². The van der Waals surface area contributed by atoms with Crippen LogP contribution in [-0.2, 0) is 4.74 Å². The molecule has 0 aliphatic carbocycles. The summed E-state index contributed by atoms with van der Waals surface area (Å²) in [6.07, 6.45) is 3.84. The number of halogens is 2. The van der Waals surface area contributed by atoms with Gasteiger partial charge < -0.3 is 9.84 Å². The maximum absolute atomic E-state index is 8.59. The maximum Gasteiger partial charge on any atom is 0.0967 e. The number of ether oxygens (including phenoxy) is 1. The summed E-state index contributed by atoms with van der Waals surface area (Å²) >= 11 is 9.53. The fourth-order valence-electron chi connectivity index (χ4n) is 1.09. The molecule has 0 rings (SSSR count).